The molecule has 0 radical (unpaired) electrons. The van der Waals surface area contributed by atoms with Crippen molar-refractivity contribution in [3.63, 3.8) is 0 Å². The lowest BCUT2D eigenvalue weighted by Gasteiger charge is -2.06. The van der Waals surface area contributed by atoms with E-state index >= 15 is 0 Å². The first-order valence-electron chi connectivity index (χ1n) is 8.20. The molecule has 3 aromatic rings. The Labute approximate surface area is 159 Å². The van der Waals surface area contributed by atoms with E-state index in [4.69, 9.17) is 9.47 Å². The molecule has 0 unspecified atom stereocenters. The molecule has 2 aromatic carbocycles. The Morgan fingerprint density at radius 1 is 0.821 bits per heavy atom. The molecular weight excluding hydrogens is 364 g/mol. The van der Waals surface area contributed by atoms with Gasteiger partial charge in [-0.2, -0.15) is 0 Å². The number of hydrogen-bond donors (Lipinski definition) is 1. The number of non-ortho nitro benzene ring substituents is 1. The summed E-state index contributed by atoms with van der Waals surface area (Å²) in [4.78, 5) is 38.5. The fraction of sp³-hybridized carbons (Fsp3) is 0.100. The molecule has 0 aliphatic rings. The number of nitro benzene ring substituents is 1. The molecule has 1 heterocycles. The molecule has 0 aliphatic carbocycles. The zero-order valence-corrected chi connectivity index (χ0v) is 15.1. The molecule has 0 spiro atoms. The summed E-state index contributed by atoms with van der Waals surface area (Å²) >= 11 is 0. The molecule has 8 nitrogen and oxygen atoms in total. The number of rotatable bonds is 5. The highest BCUT2D eigenvalue weighted by molar-refractivity contribution is 6.11. The number of hydrogen-bond acceptors (Lipinski definition) is 6. The molecule has 1 N–H and O–H groups in total. The van der Waals surface area contributed by atoms with Crippen molar-refractivity contribution in [2.75, 3.05) is 14.2 Å². The highest BCUT2D eigenvalue weighted by atomic mass is 16.6. The van der Waals surface area contributed by atoms with Gasteiger partial charge >= 0.3 is 11.9 Å². The number of esters is 2. The molecule has 0 fully saturated rings. The Balaban J connectivity index is 2.30. The van der Waals surface area contributed by atoms with Gasteiger partial charge in [-0.25, -0.2) is 9.59 Å². The Kier molecular flexibility index (Phi) is 5.21. The van der Waals surface area contributed by atoms with Crippen molar-refractivity contribution in [1.29, 1.82) is 0 Å². The van der Waals surface area contributed by atoms with Crippen LogP contribution in [0.25, 0.3) is 22.5 Å². The van der Waals surface area contributed by atoms with Gasteiger partial charge in [-0.15, -0.1) is 0 Å². The Bertz CT molecular complexity index is 1040. The van der Waals surface area contributed by atoms with Crippen molar-refractivity contribution in [1.82, 2.24) is 4.98 Å². The van der Waals surface area contributed by atoms with E-state index in [0.29, 0.717) is 22.5 Å². The number of carbonyl (C=O) groups is 2. The average molecular weight is 380 g/mol. The monoisotopic (exact) mass is 380 g/mol. The van der Waals surface area contributed by atoms with Crippen molar-refractivity contribution in [2.45, 2.75) is 0 Å². The van der Waals surface area contributed by atoms with E-state index in [0.717, 1.165) is 0 Å². The van der Waals surface area contributed by atoms with Gasteiger partial charge in [-0.3, -0.25) is 10.1 Å². The van der Waals surface area contributed by atoms with Crippen molar-refractivity contribution < 1.29 is 24.0 Å². The van der Waals surface area contributed by atoms with Gasteiger partial charge in [0.15, 0.2) is 0 Å². The van der Waals surface area contributed by atoms with Gasteiger partial charge in [0.2, 0.25) is 0 Å². The average Bonchev–Trinajstić information content (AvgIpc) is 3.14. The molecule has 0 aliphatic heterocycles. The van der Waals surface area contributed by atoms with Crippen molar-refractivity contribution >= 4 is 17.6 Å². The van der Waals surface area contributed by atoms with Crippen LogP contribution in [-0.4, -0.2) is 36.1 Å². The lowest BCUT2D eigenvalue weighted by atomic mass is 10.0. The van der Waals surface area contributed by atoms with Crippen LogP contribution in [0.2, 0.25) is 0 Å². The van der Waals surface area contributed by atoms with Crippen molar-refractivity contribution in [3.05, 3.63) is 75.8 Å². The number of nitro groups is 1. The first-order valence-corrected chi connectivity index (χ1v) is 8.20. The molecule has 28 heavy (non-hydrogen) atoms. The molecule has 0 saturated carbocycles. The standard InChI is InChI=1S/C20H16N2O6/c1-27-19(23)15-16(20(24)28-2)18(13-8-10-14(11-9-13)22(25)26)21-17(15)12-6-4-3-5-7-12/h3-11,21H,1-2H3. The Morgan fingerprint density at radius 2 is 1.29 bits per heavy atom. The molecule has 0 bridgehead atoms. The van der Waals surface area contributed by atoms with E-state index < -0.39 is 16.9 Å². The molecule has 0 atom stereocenters. The molecule has 0 amide bonds. The third-order valence-corrected chi connectivity index (χ3v) is 4.21. The first-order chi connectivity index (χ1) is 13.5. The zero-order chi connectivity index (χ0) is 20.3. The maximum absolute atomic E-state index is 12.5. The highest BCUT2D eigenvalue weighted by Gasteiger charge is 2.30. The minimum Gasteiger partial charge on any atom is -0.465 e. The van der Waals surface area contributed by atoms with Gasteiger partial charge in [-0.1, -0.05) is 30.3 Å². The molecule has 1 aromatic heterocycles. The SMILES string of the molecule is COC(=O)c1c(-c2ccccc2)[nH]c(-c2ccc([N+](=O)[O-])cc2)c1C(=O)OC. The summed E-state index contributed by atoms with van der Waals surface area (Å²) < 4.78 is 9.75. The normalized spacial score (nSPS) is 10.4. The molecular formula is C20H16N2O6. The predicted octanol–water partition coefficient (Wildman–Crippen LogP) is 3.83. The van der Waals surface area contributed by atoms with Gasteiger partial charge < -0.3 is 14.5 Å². The number of H-pyrrole nitrogens is 1. The summed E-state index contributed by atoms with van der Waals surface area (Å²) in [6, 6.07) is 14.6. The van der Waals surface area contributed by atoms with Gasteiger partial charge in [0, 0.05) is 12.1 Å². The number of aromatic nitrogens is 1. The summed E-state index contributed by atoms with van der Waals surface area (Å²) in [5.41, 5.74) is 1.80. The Morgan fingerprint density at radius 3 is 1.71 bits per heavy atom. The van der Waals surface area contributed by atoms with E-state index in [1.807, 2.05) is 6.07 Å². The summed E-state index contributed by atoms with van der Waals surface area (Å²) in [7, 11) is 2.43. The van der Waals surface area contributed by atoms with Gasteiger partial charge in [-0.05, 0) is 23.3 Å². The first kappa shape index (κ1) is 18.8. The largest absolute Gasteiger partial charge is 0.465 e. The summed E-state index contributed by atoms with van der Waals surface area (Å²) in [6.07, 6.45) is 0. The van der Waals surface area contributed by atoms with E-state index in [1.165, 1.54) is 38.5 Å². The predicted molar refractivity (Wildman–Crippen MR) is 101 cm³/mol. The highest BCUT2D eigenvalue weighted by Crippen LogP contribution is 2.35. The van der Waals surface area contributed by atoms with E-state index in [2.05, 4.69) is 4.98 Å². The van der Waals surface area contributed by atoms with Gasteiger partial charge in [0.1, 0.15) is 11.1 Å². The topological polar surface area (TPSA) is 112 Å². The van der Waals surface area contributed by atoms with Gasteiger partial charge in [0.05, 0.1) is 30.5 Å². The number of methoxy groups -OCH3 is 2. The minimum absolute atomic E-state index is 0.00190. The summed E-state index contributed by atoms with van der Waals surface area (Å²) in [5.74, 6) is -1.43. The van der Waals surface area contributed by atoms with Crippen LogP contribution < -0.4 is 0 Å². The second-order valence-corrected chi connectivity index (χ2v) is 5.78. The van der Waals surface area contributed by atoms with Crippen LogP contribution in [0.3, 0.4) is 0 Å². The van der Waals surface area contributed by atoms with Crippen molar-refractivity contribution in [2.24, 2.45) is 0 Å². The van der Waals surface area contributed by atoms with E-state index in [1.54, 1.807) is 24.3 Å². The maximum Gasteiger partial charge on any atom is 0.340 e. The quantitative estimate of drug-likeness (QED) is 0.409. The number of aromatic amines is 1. The Hall–Kier alpha value is -3.94. The fourth-order valence-corrected chi connectivity index (χ4v) is 2.90. The number of ether oxygens (including phenoxy) is 2. The number of nitrogens with zero attached hydrogens (tertiary/aromatic N) is 1. The third-order valence-electron chi connectivity index (χ3n) is 4.21. The second kappa shape index (κ2) is 7.75. The van der Waals surface area contributed by atoms with Crippen LogP contribution in [0.15, 0.2) is 54.6 Å². The number of nitrogens with one attached hydrogen (secondary N) is 1. The van der Waals surface area contributed by atoms with E-state index in [9.17, 15) is 19.7 Å². The van der Waals surface area contributed by atoms with Crippen LogP contribution in [0.4, 0.5) is 5.69 Å². The molecule has 142 valence electrons. The number of benzene rings is 2. The minimum atomic E-state index is -0.729. The van der Waals surface area contributed by atoms with Crippen molar-refractivity contribution in [3.8, 4) is 22.5 Å². The number of carbonyl (C=O) groups excluding carboxylic acids is 2. The van der Waals surface area contributed by atoms with Gasteiger partial charge in [0.25, 0.3) is 5.69 Å². The van der Waals surface area contributed by atoms with E-state index in [-0.39, 0.29) is 16.8 Å². The molecule has 3 rings (SSSR count). The summed E-state index contributed by atoms with van der Waals surface area (Å²) in [5, 5.41) is 10.9. The van der Waals surface area contributed by atoms with Crippen LogP contribution in [-0.2, 0) is 9.47 Å². The van der Waals surface area contributed by atoms with Crippen LogP contribution in [0, 0.1) is 10.1 Å². The van der Waals surface area contributed by atoms with Crippen LogP contribution >= 0.6 is 0 Å². The molecule has 0 saturated heterocycles. The van der Waals surface area contributed by atoms with Crippen LogP contribution in [0.5, 0.6) is 0 Å². The zero-order valence-electron chi connectivity index (χ0n) is 15.1. The lowest BCUT2D eigenvalue weighted by molar-refractivity contribution is -0.384. The van der Waals surface area contributed by atoms with Crippen LogP contribution in [0.1, 0.15) is 20.7 Å². The lowest BCUT2D eigenvalue weighted by Crippen LogP contribution is -2.11. The summed E-state index contributed by atoms with van der Waals surface area (Å²) in [6.45, 7) is 0. The third kappa shape index (κ3) is 3.35. The fourth-order valence-electron chi connectivity index (χ4n) is 2.90. The smallest absolute Gasteiger partial charge is 0.340 e. The molecule has 8 heteroatoms. The maximum atomic E-state index is 12.5. The second-order valence-electron chi connectivity index (χ2n) is 5.78.